The van der Waals surface area contributed by atoms with E-state index < -0.39 is 17.4 Å². The Morgan fingerprint density at radius 1 is 1.29 bits per heavy atom. The van der Waals surface area contributed by atoms with E-state index in [2.05, 4.69) is 5.10 Å². The van der Waals surface area contributed by atoms with E-state index >= 15 is 0 Å². The summed E-state index contributed by atoms with van der Waals surface area (Å²) in [6, 6.07) is 0. The first-order valence-corrected chi connectivity index (χ1v) is 5.52. The highest BCUT2D eigenvalue weighted by Gasteiger charge is 2.40. The second-order valence-corrected chi connectivity index (χ2v) is 4.99. The van der Waals surface area contributed by atoms with Crippen LogP contribution in [0.2, 0.25) is 0 Å². The van der Waals surface area contributed by atoms with Crippen molar-refractivity contribution in [3.8, 4) is 0 Å². The van der Waals surface area contributed by atoms with Gasteiger partial charge in [-0.2, -0.15) is 18.3 Å². The van der Waals surface area contributed by atoms with Gasteiger partial charge in [-0.1, -0.05) is 0 Å². The molecule has 0 radical (unpaired) electrons. The SMILES string of the molecule is CC(C)(C)n1ncc(CCCN)c1C(F)(F)F. The van der Waals surface area contributed by atoms with Gasteiger partial charge >= 0.3 is 6.18 Å². The third kappa shape index (κ3) is 3.21. The maximum Gasteiger partial charge on any atom is 0.433 e. The van der Waals surface area contributed by atoms with E-state index in [9.17, 15) is 13.2 Å². The van der Waals surface area contributed by atoms with Gasteiger partial charge in [0.25, 0.3) is 0 Å². The minimum absolute atomic E-state index is 0.220. The largest absolute Gasteiger partial charge is 0.433 e. The number of nitrogens with zero attached hydrogens (tertiary/aromatic N) is 2. The van der Waals surface area contributed by atoms with Gasteiger partial charge < -0.3 is 5.73 Å². The molecular formula is C11H18F3N3. The van der Waals surface area contributed by atoms with Crippen LogP contribution < -0.4 is 5.73 Å². The number of rotatable bonds is 3. The average Bonchev–Trinajstić information content (AvgIpc) is 2.56. The van der Waals surface area contributed by atoms with Crippen LogP contribution in [0.1, 0.15) is 38.4 Å². The third-order valence-corrected chi connectivity index (χ3v) is 2.40. The molecule has 0 amide bonds. The molecule has 6 heteroatoms. The van der Waals surface area contributed by atoms with Gasteiger partial charge in [-0.15, -0.1) is 0 Å². The van der Waals surface area contributed by atoms with Crippen molar-refractivity contribution in [2.24, 2.45) is 5.73 Å². The predicted molar refractivity (Wildman–Crippen MR) is 59.6 cm³/mol. The van der Waals surface area contributed by atoms with Crippen molar-refractivity contribution in [1.82, 2.24) is 9.78 Å². The summed E-state index contributed by atoms with van der Waals surface area (Å²) in [6.45, 7) is 5.46. The van der Waals surface area contributed by atoms with E-state index in [1.54, 1.807) is 20.8 Å². The lowest BCUT2D eigenvalue weighted by atomic mass is 10.1. The molecule has 0 aromatic carbocycles. The van der Waals surface area contributed by atoms with E-state index in [1.807, 2.05) is 0 Å². The maximum atomic E-state index is 13.0. The zero-order valence-electron chi connectivity index (χ0n) is 10.3. The number of aromatic nitrogens is 2. The molecule has 0 unspecified atom stereocenters. The van der Waals surface area contributed by atoms with Crippen LogP contribution in [-0.4, -0.2) is 16.3 Å². The van der Waals surface area contributed by atoms with Crippen molar-refractivity contribution in [1.29, 1.82) is 0 Å². The lowest BCUT2D eigenvalue weighted by molar-refractivity contribution is -0.146. The number of aryl methyl sites for hydroxylation is 1. The van der Waals surface area contributed by atoms with Gasteiger partial charge in [-0.05, 0) is 40.2 Å². The summed E-state index contributed by atoms with van der Waals surface area (Å²) in [7, 11) is 0. The Morgan fingerprint density at radius 2 is 1.88 bits per heavy atom. The van der Waals surface area contributed by atoms with Gasteiger partial charge in [0, 0.05) is 5.56 Å². The minimum atomic E-state index is -4.38. The van der Waals surface area contributed by atoms with Crippen LogP contribution in [-0.2, 0) is 18.1 Å². The molecular weight excluding hydrogens is 231 g/mol. The maximum absolute atomic E-state index is 13.0. The highest BCUT2D eigenvalue weighted by atomic mass is 19.4. The molecule has 1 aromatic rings. The molecule has 2 N–H and O–H groups in total. The monoisotopic (exact) mass is 249 g/mol. The first-order valence-electron chi connectivity index (χ1n) is 5.52. The van der Waals surface area contributed by atoms with Crippen molar-refractivity contribution in [2.45, 2.75) is 45.3 Å². The van der Waals surface area contributed by atoms with Crippen molar-refractivity contribution in [3.05, 3.63) is 17.5 Å². The molecule has 0 aliphatic carbocycles. The van der Waals surface area contributed by atoms with E-state index in [1.165, 1.54) is 6.20 Å². The Balaban J connectivity index is 3.21. The van der Waals surface area contributed by atoms with Crippen LogP contribution in [0.4, 0.5) is 13.2 Å². The lowest BCUT2D eigenvalue weighted by Crippen LogP contribution is -2.29. The normalized spacial score (nSPS) is 13.1. The molecule has 1 rings (SSSR count). The Bertz CT molecular complexity index is 374. The smallest absolute Gasteiger partial charge is 0.330 e. The molecule has 0 saturated carbocycles. The van der Waals surface area contributed by atoms with Crippen molar-refractivity contribution >= 4 is 0 Å². The average molecular weight is 249 g/mol. The molecule has 98 valence electrons. The van der Waals surface area contributed by atoms with Crippen LogP contribution in [0.3, 0.4) is 0 Å². The molecule has 0 bridgehead atoms. The van der Waals surface area contributed by atoms with Crippen LogP contribution in [0.15, 0.2) is 6.20 Å². The van der Waals surface area contributed by atoms with Gasteiger partial charge in [0.2, 0.25) is 0 Å². The number of hydrogen-bond acceptors (Lipinski definition) is 2. The molecule has 3 nitrogen and oxygen atoms in total. The molecule has 0 atom stereocenters. The van der Waals surface area contributed by atoms with Gasteiger partial charge in [-0.3, -0.25) is 4.68 Å². The summed E-state index contributed by atoms with van der Waals surface area (Å²) in [4.78, 5) is 0. The fourth-order valence-corrected chi connectivity index (χ4v) is 1.67. The minimum Gasteiger partial charge on any atom is -0.330 e. The zero-order valence-corrected chi connectivity index (χ0v) is 10.3. The van der Waals surface area contributed by atoms with Crippen molar-refractivity contribution in [3.63, 3.8) is 0 Å². The van der Waals surface area contributed by atoms with Gasteiger partial charge in [0.1, 0.15) is 5.69 Å². The summed E-state index contributed by atoms with van der Waals surface area (Å²) in [5.41, 5.74) is 4.20. The summed E-state index contributed by atoms with van der Waals surface area (Å²) in [6.07, 6.45) is -2.25. The summed E-state index contributed by atoms with van der Waals surface area (Å²) in [5, 5.41) is 3.86. The van der Waals surface area contributed by atoms with Gasteiger partial charge in [0.05, 0.1) is 11.7 Å². The Morgan fingerprint density at radius 3 is 2.29 bits per heavy atom. The molecule has 17 heavy (non-hydrogen) atoms. The molecule has 0 saturated heterocycles. The summed E-state index contributed by atoms with van der Waals surface area (Å²) < 4.78 is 40.1. The second-order valence-electron chi connectivity index (χ2n) is 4.99. The number of hydrogen-bond donors (Lipinski definition) is 1. The van der Waals surface area contributed by atoms with Gasteiger partial charge in [0.15, 0.2) is 0 Å². The quantitative estimate of drug-likeness (QED) is 0.894. The molecule has 0 aliphatic rings. The molecule has 0 aliphatic heterocycles. The Labute approximate surface area is 98.8 Å². The fraction of sp³-hybridized carbons (Fsp3) is 0.727. The highest BCUT2D eigenvalue weighted by Crippen LogP contribution is 2.35. The number of nitrogens with two attached hydrogens (primary N) is 1. The predicted octanol–water partition coefficient (Wildman–Crippen LogP) is 2.55. The van der Waals surface area contributed by atoms with E-state index in [-0.39, 0.29) is 5.56 Å². The van der Waals surface area contributed by atoms with E-state index in [4.69, 9.17) is 5.73 Å². The zero-order chi connectivity index (χ0) is 13.3. The second kappa shape index (κ2) is 4.68. The topological polar surface area (TPSA) is 43.8 Å². The summed E-state index contributed by atoms with van der Waals surface area (Å²) >= 11 is 0. The van der Waals surface area contributed by atoms with Crippen LogP contribution in [0, 0.1) is 0 Å². The van der Waals surface area contributed by atoms with Crippen molar-refractivity contribution < 1.29 is 13.2 Å². The fourth-order valence-electron chi connectivity index (χ4n) is 1.67. The van der Waals surface area contributed by atoms with Crippen LogP contribution in [0.5, 0.6) is 0 Å². The Kier molecular flexibility index (Phi) is 3.86. The first kappa shape index (κ1) is 14.0. The molecule has 0 spiro atoms. The molecule has 0 fully saturated rings. The highest BCUT2D eigenvalue weighted by molar-refractivity contribution is 5.22. The molecule has 1 aromatic heterocycles. The van der Waals surface area contributed by atoms with Crippen molar-refractivity contribution in [2.75, 3.05) is 6.54 Å². The lowest BCUT2D eigenvalue weighted by Gasteiger charge is -2.24. The Hall–Kier alpha value is -1.04. The van der Waals surface area contributed by atoms with Crippen LogP contribution >= 0.6 is 0 Å². The van der Waals surface area contributed by atoms with E-state index in [0.717, 1.165) is 4.68 Å². The van der Waals surface area contributed by atoms with Gasteiger partial charge in [-0.25, -0.2) is 0 Å². The van der Waals surface area contributed by atoms with Crippen LogP contribution in [0.25, 0.3) is 0 Å². The first-order chi connectivity index (χ1) is 7.68. The standard InChI is InChI=1S/C11H18F3N3/c1-10(2,3)17-9(11(12,13)14)8(7-16-17)5-4-6-15/h7H,4-6,15H2,1-3H3. The number of halogens is 3. The third-order valence-electron chi connectivity index (χ3n) is 2.40. The number of alkyl halides is 3. The summed E-state index contributed by atoms with van der Waals surface area (Å²) in [5.74, 6) is 0. The van der Waals surface area contributed by atoms with E-state index in [0.29, 0.717) is 19.4 Å². The molecule has 1 heterocycles.